The minimum atomic E-state index is -0.364. The highest BCUT2D eigenvalue weighted by molar-refractivity contribution is 9.10. The molecule has 0 bridgehead atoms. The van der Waals surface area contributed by atoms with E-state index in [0.29, 0.717) is 11.3 Å². The van der Waals surface area contributed by atoms with E-state index >= 15 is 0 Å². The van der Waals surface area contributed by atoms with Gasteiger partial charge in [0.2, 0.25) is 0 Å². The largest absolute Gasteiger partial charge is 0.421 e. The Morgan fingerprint density at radius 1 is 0.667 bits per heavy atom. The second-order valence-corrected chi connectivity index (χ2v) is 6.28. The first-order valence-electron chi connectivity index (χ1n) is 7.62. The molecule has 0 spiro atoms. The van der Waals surface area contributed by atoms with E-state index in [1.165, 1.54) is 0 Å². The van der Waals surface area contributed by atoms with Gasteiger partial charge in [0, 0.05) is 10.8 Å². The topological polar surface area (TPSA) is 26.3 Å². The molecule has 24 heavy (non-hydrogen) atoms. The number of ether oxygens (including phenoxy) is 1. The zero-order chi connectivity index (χ0) is 16.5. The zero-order valence-electron chi connectivity index (χ0n) is 12.7. The molecule has 4 aromatic carbocycles. The highest BCUT2D eigenvalue weighted by atomic mass is 79.9. The molecule has 0 N–H and O–H groups in total. The van der Waals surface area contributed by atoms with E-state index in [2.05, 4.69) is 22.0 Å². The molecule has 0 aliphatic rings. The number of esters is 1. The predicted molar refractivity (Wildman–Crippen MR) is 101 cm³/mol. The third kappa shape index (κ3) is 2.47. The summed E-state index contributed by atoms with van der Waals surface area (Å²) in [6.07, 6.45) is 0. The molecule has 4 rings (SSSR count). The van der Waals surface area contributed by atoms with Gasteiger partial charge in [-0.25, -0.2) is 4.79 Å². The number of carbonyl (C=O) groups is 1. The van der Waals surface area contributed by atoms with E-state index in [4.69, 9.17) is 4.74 Å². The lowest BCUT2D eigenvalue weighted by atomic mass is 10.0. The van der Waals surface area contributed by atoms with E-state index in [0.717, 1.165) is 26.0 Å². The first kappa shape index (κ1) is 14.9. The summed E-state index contributed by atoms with van der Waals surface area (Å²) in [5.74, 6) is 0.190. The van der Waals surface area contributed by atoms with Crippen LogP contribution in [-0.2, 0) is 0 Å². The third-order valence-corrected chi connectivity index (χ3v) is 4.82. The first-order chi connectivity index (χ1) is 11.8. The maximum Gasteiger partial charge on any atom is 0.343 e. The summed E-state index contributed by atoms with van der Waals surface area (Å²) in [4.78, 5) is 12.5. The molecule has 2 nitrogen and oxygen atoms in total. The highest BCUT2D eigenvalue weighted by Gasteiger charge is 2.17. The molecule has 0 saturated carbocycles. The molecule has 0 saturated heterocycles. The fraction of sp³-hybridized carbons (Fsp3) is 0. The Hall–Kier alpha value is -2.65. The quantitative estimate of drug-likeness (QED) is 0.244. The molecular weight excluding hydrogens is 364 g/mol. The molecule has 3 heteroatoms. The van der Waals surface area contributed by atoms with Crippen LogP contribution in [0.4, 0.5) is 0 Å². The van der Waals surface area contributed by atoms with Gasteiger partial charge in [0.25, 0.3) is 0 Å². The van der Waals surface area contributed by atoms with Gasteiger partial charge in [0.1, 0.15) is 0 Å². The van der Waals surface area contributed by atoms with Gasteiger partial charge in [0.15, 0.2) is 5.75 Å². The van der Waals surface area contributed by atoms with Crippen LogP contribution in [0.25, 0.3) is 21.5 Å². The number of hydrogen-bond donors (Lipinski definition) is 0. The second-order valence-electron chi connectivity index (χ2n) is 5.49. The highest BCUT2D eigenvalue weighted by Crippen LogP contribution is 2.41. The summed E-state index contributed by atoms with van der Waals surface area (Å²) in [5, 5.41) is 4.12. The van der Waals surface area contributed by atoms with Gasteiger partial charge >= 0.3 is 5.97 Å². The third-order valence-electron chi connectivity index (χ3n) is 4.03. The average Bonchev–Trinajstić information content (AvgIpc) is 2.65. The molecule has 0 heterocycles. The molecule has 0 fully saturated rings. The average molecular weight is 377 g/mol. The monoisotopic (exact) mass is 376 g/mol. The normalized spacial score (nSPS) is 10.9. The van der Waals surface area contributed by atoms with Crippen molar-refractivity contribution in [3.05, 3.63) is 88.9 Å². The SMILES string of the molecule is O=C(Oc1c(Br)c2ccccc2c2ccccc12)c1ccccc1. The summed E-state index contributed by atoms with van der Waals surface area (Å²) in [7, 11) is 0. The zero-order valence-corrected chi connectivity index (χ0v) is 14.3. The molecule has 0 radical (unpaired) electrons. The summed E-state index contributed by atoms with van der Waals surface area (Å²) in [6, 6.07) is 25.1. The molecule has 116 valence electrons. The van der Waals surface area contributed by atoms with Gasteiger partial charge in [-0.2, -0.15) is 0 Å². The summed E-state index contributed by atoms with van der Waals surface area (Å²) in [6.45, 7) is 0. The van der Waals surface area contributed by atoms with Crippen LogP contribution in [0.1, 0.15) is 10.4 Å². The molecule has 0 atom stereocenters. The predicted octanol–water partition coefficient (Wildman–Crippen LogP) is 5.97. The van der Waals surface area contributed by atoms with Crippen LogP contribution in [0.15, 0.2) is 83.3 Å². The van der Waals surface area contributed by atoms with E-state index in [1.807, 2.05) is 60.7 Å². The Labute approximate surface area is 147 Å². The van der Waals surface area contributed by atoms with Crippen molar-refractivity contribution in [3.63, 3.8) is 0 Å². The number of benzene rings is 4. The molecule has 0 aliphatic carbocycles. The van der Waals surface area contributed by atoms with Crippen LogP contribution in [0.5, 0.6) is 5.75 Å². The summed E-state index contributed by atoms with van der Waals surface area (Å²) in [5.41, 5.74) is 0.529. The van der Waals surface area contributed by atoms with Crippen LogP contribution >= 0.6 is 15.9 Å². The van der Waals surface area contributed by atoms with Gasteiger partial charge in [0.05, 0.1) is 10.0 Å². The smallest absolute Gasteiger partial charge is 0.343 e. The molecule has 0 unspecified atom stereocenters. The van der Waals surface area contributed by atoms with Crippen molar-refractivity contribution in [2.45, 2.75) is 0 Å². The molecular formula is C21H13BrO2. The summed E-state index contributed by atoms with van der Waals surface area (Å²) < 4.78 is 6.56. The van der Waals surface area contributed by atoms with Crippen LogP contribution in [0, 0.1) is 0 Å². The standard InChI is InChI=1S/C21H13BrO2/c22-19-17-12-6-4-10-15(17)16-11-5-7-13-18(16)20(19)24-21(23)14-8-2-1-3-9-14/h1-13H. The fourth-order valence-corrected chi connectivity index (χ4v) is 3.53. The van der Waals surface area contributed by atoms with Gasteiger partial charge < -0.3 is 4.74 Å². The maximum atomic E-state index is 12.5. The Kier molecular flexibility index (Phi) is 3.79. The molecule has 4 aromatic rings. The van der Waals surface area contributed by atoms with E-state index in [9.17, 15) is 4.79 Å². The lowest BCUT2D eigenvalue weighted by Gasteiger charge is -2.13. The number of hydrogen-bond acceptors (Lipinski definition) is 2. The van der Waals surface area contributed by atoms with Crippen molar-refractivity contribution in [2.24, 2.45) is 0 Å². The van der Waals surface area contributed by atoms with Crippen LogP contribution < -0.4 is 4.74 Å². The van der Waals surface area contributed by atoms with Gasteiger partial charge in [-0.3, -0.25) is 0 Å². The molecule has 0 amide bonds. The van der Waals surface area contributed by atoms with Crippen molar-refractivity contribution >= 4 is 43.4 Å². The minimum Gasteiger partial charge on any atom is -0.421 e. The number of fused-ring (bicyclic) bond motifs is 3. The Morgan fingerprint density at radius 3 is 1.83 bits per heavy atom. The van der Waals surface area contributed by atoms with Crippen molar-refractivity contribution in [1.29, 1.82) is 0 Å². The Balaban J connectivity index is 1.94. The number of carbonyl (C=O) groups excluding carboxylic acids is 1. The van der Waals surface area contributed by atoms with Crippen LogP contribution in [0.2, 0.25) is 0 Å². The Bertz CT molecular complexity index is 1060. The van der Waals surface area contributed by atoms with E-state index in [-0.39, 0.29) is 5.97 Å². The maximum absolute atomic E-state index is 12.5. The number of rotatable bonds is 2. The van der Waals surface area contributed by atoms with Gasteiger partial charge in [-0.15, -0.1) is 0 Å². The van der Waals surface area contributed by atoms with Crippen LogP contribution in [0.3, 0.4) is 0 Å². The lowest BCUT2D eigenvalue weighted by Crippen LogP contribution is -2.09. The fourth-order valence-electron chi connectivity index (χ4n) is 2.89. The molecule has 0 aromatic heterocycles. The van der Waals surface area contributed by atoms with Crippen LogP contribution in [-0.4, -0.2) is 5.97 Å². The first-order valence-corrected chi connectivity index (χ1v) is 8.41. The van der Waals surface area contributed by atoms with Crippen molar-refractivity contribution in [3.8, 4) is 5.75 Å². The van der Waals surface area contributed by atoms with Gasteiger partial charge in [-0.05, 0) is 38.8 Å². The lowest BCUT2D eigenvalue weighted by molar-refractivity contribution is 0.0736. The van der Waals surface area contributed by atoms with Crippen molar-refractivity contribution < 1.29 is 9.53 Å². The Morgan fingerprint density at radius 2 is 1.17 bits per heavy atom. The van der Waals surface area contributed by atoms with Gasteiger partial charge in [-0.1, -0.05) is 66.7 Å². The summed E-state index contributed by atoms with van der Waals surface area (Å²) >= 11 is 3.63. The minimum absolute atomic E-state index is 0.364. The number of halogens is 1. The van der Waals surface area contributed by atoms with Crippen molar-refractivity contribution in [1.82, 2.24) is 0 Å². The van der Waals surface area contributed by atoms with E-state index < -0.39 is 0 Å². The van der Waals surface area contributed by atoms with Crippen molar-refractivity contribution in [2.75, 3.05) is 0 Å². The second kappa shape index (κ2) is 6.10. The molecule has 0 aliphatic heterocycles. The van der Waals surface area contributed by atoms with E-state index in [1.54, 1.807) is 12.1 Å².